The maximum Gasteiger partial charge on any atom is 0.335 e. The van der Waals surface area contributed by atoms with E-state index in [4.69, 9.17) is 14.6 Å². The maximum absolute atomic E-state index is 10.8. The lowest BCUT2D eigenvalue weighted by Crippen LogP contribution is -2.20. The minimum absolute atomic E-state index is 0.322. The summed E-state index contributed by atoms with van der Waals surface area (Å²) < 4.78 is 10.3. The van der Waals surface area contributed by atoms with Crippen molar-refractivity contribution in [1.29, 1.82) is 0 Å². The Bertz CT molecular complexity index is 391. The molecule has 0 aromatic heterocycles. The van der Waals surface area contributed by atoms with Gasteiger partial charge >= 0.3 is 5.97 Å². The molecule has 0 spiro atoms. The number of aromatic carboxylic acids is 1. The van der Waals surface area contributed by atoms with Crippen molar-refractivity contribution in [1.82, 2.24) is 4.90 Å². The van der Waals surface area contributed by atoms with Crippen LogP contribution in [-0.4, -0.2) is 56.5 Å². The minimum Gasteiger partial charge on any atom is -0.478 e. The van der Waals surface area contributed by atoms with Crippen molar-refractivity contribution in [2.75, 3.05) is 40.5 Å². The zero-order valence-electron chi connectivity index (χ0n) is 12.2. The van der Waals surface area contributed by atoms with E-state index in [1.807, 2.05) is 19.2 Å². The molecule has 0 fully saturated rings. The summed E-state index contributed by atoms with van der Waals surface area (Å²) in [6.45, 7) is 3.74. The molecule has 0 bridgehead atoms. The van der Waals surface area contributed by atoms with E-state index in [-0.39, 0.29) is 0 Å². The first kappa shape index (κ1) is 16.6. The quantitative estimate of drug-likeness (QED) is 0.663. The summed E-state index contributed by atoms with van der Waals surface area (Å²) in [5.41, 5.74) is 1.43. The van der Waals surface area contributed by atoms with Gasteiger partial charge < -0.3 is 19.5 Å². The fourth-order valence-electron chi connectivity index (χ4n) is 1.82. The third-order valence-corrected chi connectivity index (χ3v) is 2.91. The predicted molar refractivity (Wildman–Crippen MR) is 77.0 cm³/mol. The molecule has 0 aliphatic carbocycles. The van der Waals surface area contributed by atoms with E-state index in [2.05, 4.69) is 4.90 Å². The second-order valence-electron chi connectivity index (χ2n) is 4.70. The van der Waals surface area contributed by atoms with E-state index in [0.29, 0.717) is 18.8 Å². The van der Waals surface area contributed by atoms with Gasteiger partial charge in [0.05, 0.1) is 18.8 Å². The van der Waals surface area contributed by atoms with E-state index in [1.54, 1.807) is 19.2 Å². The van der Waals surface area contributed by atoms with Gasteiger partial charge in [0.25, 0.3) is 0 Å². The summed E-state index contributed by atoms with van der Waals surface area (Å²) in [6, 6.07) is 6.99. The maximum atomic E-state index is 10.8. The first-order valence-electron chi connectivity index (χ1n) is 6.71. The van der Waals surface area contributed by atoms with E-state index in [0.717, 1.165) is 31.7 Å². The van der Waals surface area contributed by atoms with E-state index >= 15 is 0 Å². The molecule has 20 heavy (non-hydrogen) atoms. The molecule has 1 rings (SSSR count). The number of carbonyl (C=O) groups is 1. The average molecular weight is 281 g/mol. The number of hydrogen-bond donors (Lipinski definition) is 1. The Morgan fingerprint density at radius 1 is 1.20 bits per heavy atom. The van der Waals surface area contributed by atoms with Crippen LogP contribution < -0.4 is 0 Å². The summed E-state index contributed by atoms with van der Waals surface area (Å²) in [4.78, 5) is 12.9. The standard InChI is InChI=1S/C15H23NO4/c1-16(8-3-9-20-11-10-19-2)12-13-4-6-14(7-5-13)15(17)18/h4-7H,3,8-12H2,1-2H3,(H,17,18). The molecule has 5 heteroatoms. The van der Waals surface area contributed by atoms with Gasteiger partial charge in [0.15, 0.2) is 0 Å². The van der Waals surface area contributed by atoms with Crippen molar-refractivity contribution in [3.05, 3.63) is 35.4 Å². The Hall–Kier alpha value is -1.43. The van der Waals surface area contributed by atoms with Gasteiger partial charge in [-0.2, -0.15) is 0 Å². The lowest BCUT2D eigenvalue weighted by Gasteiger charge is -2.16. The van der Waals surface area contributed by atoms with Gasteiger partial charge in [-0.3, -0.25) is 0 Å². The summed E-state index contributed by atoms with van der Waals surface area (Å²) in [6.07, 6.45) is 0.966. The second-order valence-corrected chi connectivity index (χ2v) is 4.70. The van der Waals surface area contributed by atoms with E-state index in [9.17, 15) is 4.79 Å². The summed E-state index contributed by atoms with van der Waals surface area (Å²) in [5.74, 6) is -0.891. The highest BCUT2D eigenvalue weighted by molar-refractivity contribution is 5.87. The van der Waals surface area contributed by atoms with Crippen molar-refractivity contribution in [3.63, 3.8) is 0 Å². The van der Waals surface area contributed by atoms with Crippen molar-refractivity contribution in [3.8, 4) is 0 Å². The third-order valence-electron chi connectivity index (χ3n) is 2.91. The number of carboxylic acid groups (broad SMARTS) is 1. The minimum atomic E-state index is -0.891. The molecule has 0 radical (unpaired) electrons. The van der Waals surface area contributed by atoms with Crippen molar-refractivity contribution in [2.45, 2.75) is 13.0 Å². The van der Waals surface area contributed by atoms with Crippen LogP contribution in [0, 0.1) is 0 Å². The molecular formula is C15H23NO4. The molecular weight excluding hydrogens is 258 g/mol. The number of nitrogens with zero attached hydrogens (tertiary/aromatic N) is 1. The Balaban J connectivity index is 2.21. The molecule has 0 unspecified atom stereocenters. The third kappa shape index (κ3) is 6.65. The molecule has 0 atom stereocenters. The van der Waals surface area contributed by atoms with Crippen LogP contribution in [0.25, 0.3) is 0 Å². The normalized spacial score (nSPS) is 10.9. The number of hydrogen-bond acceptors (Lipinski definition) is 4. The zero-order chi connectivity index (χ0) is 14.8. The molecule has 1 aromatic carbocycles. The number of carboxylic acids is 1. The zero-order valence-corrected chi connectivity index (χ0v) is 12.2. The van der Waals surface area contributed by atoms with Crippen LogP contribution in [-0.2, 0) is 16.0 Å². The van der Waals surface area contributed by atoms with Crippen LogP contribution in [0.1, 0.15) is 22.3 Å². The molecule has 0 aliphatic rings. The molecule has 0 saturated heterocycles. The van der Waals surface area contributed by atoms with Crippen molar-refractivity contribution >= 4 is 5.97 Å². The second kappa shape index (κ2) is 9.47. The molecule has 0 heterocycles. The SMILES string of the molecule is COCCOCCCN(C)Cc1ccc(C(=O)O)cc1. The first-order valence-corrected chi connectivity index (χ1v) is 6.71. The van der Waals surface area contributed by atoms with Gasteiger partial charge in [-0.05, 0) is 31.2 Å². The van der Waals surface area contributed by atoms with Crippen molar-refractivity contribution in [2.24, 2.45) is 0 Å². The fourth-order valence-corrected chi connectivity index (χ4v) is 1.82. The lowest BCUT2D eigenvalue weighted by molar-refractivity contribution is 0.0660. The van der Waals surface area contributed by atoms with Crippen molar-refractivity contribution < 1.29 is 19.4 Å². The van der Waals surface area contributed by atoms with E-state index in [1.165, 1.54) is 0 Å². The summed E-state index contributed by atoms with van der Waals surface area (Å²) in [7, 11) is 3.70. The summed E-state index contributed by atoms with van der Waals surface area (Å²) in [5, 5.41) is 8.83. The Labute approximate surface area is 120 Å². The van der Waals surface area contributed by atoms with E-state index < -0.39 is 5.97 Å². The highest BCUT2D eigenvalue weighted by Crippen LogP contribution is 2.07. The highest BCUT2D eigenvalue weighted by Gasteiger charge is 2.04. The molecule has 0 saturated carbocycles. The number of rotatable bonds is 10. The highest BCUT2D eigenvalue weighted by atomic mass is 16.5. The van der Waals surface area contributed by atoms with Gasteiger partial charge in [-0.25, -0.2) is 4.79 Å². The molecule has 0 amide bonds. The van der Waals surface area contributed by atoms with Crippen LogP contribution in [0.15, 0.2) is 24.3 Å². The van der Waals surface area contributed by atoms with Gasteiger partial charge in [0.1, 0.15) is 0 Å². The molecule has 5 nitrogen and oxygen atoms in total. The molecule has 1 aromatic rings. The topological polar surface area (TPSA) is 59.0 Å². The summed E-state index contributed by atoms with van der Waals surface area (Å²) >= 11 is 0. The molecule has 1 N–H and O–H groups in total. The van der Waals surface area contributed by atoms with Crippen LogP contribution >= 0.6 is 0 Å². The Morgan fingerprint density at radius 3 is 2.50 bits per heavy atom. The smallest absolute Gasteiger partial charge is 0.335 e. The van der Waals surface area contributed by atoms with Gasteiger partial charge in [-0.1, -0.05) is 12.1 Å². The van der Waals surface area contributed by atoms with Gasteiger partial charge in [0, 0.05) is 26.8 Å². The number of ether oxygens (including phenoxy) is 2. The van der Waals surface area contributed by atoms with Gasteiger partial charge in [-0.15, -0.1) is 0 Å². The number of methoxy groups -OCH3 is 1. The van der Waals surface area contributed by atoms with Crippen LogP contribution in [0.2, 0.25) is 0 Å². The lowest BCUT2D eigenvalue weighted by atomic mass is 10.1. The van der Waals surface area contributed by atoms with Crippen LogP contribution in [0.4, 0.5) is 0 Å². The predicted octanol–water partition coefficient (Wildman–Crippen LogP) is 1.87. The van der Waals surface area contributed by atoms with Crippen LogP contribution in [0.3, 0.4) is 0 Å². The number of benzene rings is 1. The van der Waals surface area contributed by atoms with Crippen LogP contribution in [0.5, 0.6) is 0 Å². The fraction of sp³-hybridized carbons (Fsp3) is 0.533. The Kier molecular flexibility index (Phi) is 7.87. The monoisotopic (exact) mass is 281 g/mol. The average Bonchev–Trinajstić information content (AvgIpc) is 2.43. The Morgan fingerprint density at radius 2 is 1.90 bits per heavy atom. The molecule has 0 aliphatic heterocycles. The van der Waals surface area contributed by atoms with Gasteiger partial charge in [0.2, 0.25) is 0 Å². The largest absolute Gasteiger partial charge is 0.478 e. The first-order chi connectivity index (χ1) is 9.63. The molecule has 112 valence electrons.